The maximum absolute atomic E-state index is 5.80. The Labute approximate surface area is 125 Å². The Kier molecular flexibility index (Phi) is 6.22. The zero-order valence-electron chi connectivity index (χ0n) is 14.0. The highest BCUT2D eigenvalue weighted by Crippen LogP contribution is 2.33. The summed E-state index contributed by atoms with van der Waals surface area (Å²) in [6.45, 7) is 13.7. The van der Waals surface area contributed by atoms with Crippen molar-refractivity contribution in [1.29, 1.82) is 0 Å². The number of hydrogen-bond acceptors (Lipinski definition) is 2. The average Bonchev–Trinajstić information content (AvgIpc) is 2.33. The highest BCUT2D eigenvalue weighted by atomic mass is 15.2. The first-order valence-corrected chi connectivity index (χ1v) is 7.79. The minimum Gasteiger partial charge on any atom is -0.271 e. The van der Waals surface area contributed by atoms with Gasteiger partial charge in [0.2, 0.25) is 0 Å². The van der Waals surface area contributed by atoms with Gasteiger partial charge in [-0.05, 0) is 41.2 Å². The van der Waals surface area contributed by atoms with Crippen molar-refractivity contribution in [3.63, 3.8) is 0 Å². The Morgan fingerprint density at radius 3 is 2.30 bits per heavy atom. The van der Waals surface area contributed by atoms with Crippen LogP contribution in [0.4, 0.5) is 0 Å². The molecule has 0 fully saturated rings. The number of rotatable bonds is 6. The zero-order valence-corrected chi connectivity index (χ0v) is 14.0. The molecule has 0 bridgehead atoms. The number of nitrogens with one attached hydrogen (secondary N) is 1. The van der Waals surface area contributed by atoms with Crippen LogP contribution < -0.4 is 11.3 Å². The summed E-state index contributed by atoms with van der Waals surface area (Å²) in [7, 11) is 0. The van der Waals surface area contributed by atoms with E-state index >= 15 is 0 Å². The fourth-order valence-corrected chi connectivity index (χ4v) is 2.42. The topological polar surface area (TPSA) is 38.0 Å². The lowest BCUT2D eigenvalue weighted by atomic mass is 9.77. The molecule has 20 heavy (non-hydrogen) atoms. The van der Waals surface area contributed by atoms with E-state index in [2.05, 4.69) is 71.2 Å². The predicted octanol–water partition coefficient (Wildman–Crippen LogP) is 4.46. The van der Waals surface area contributed by atoms with Crippen LogP contribution in [0.2, 0.25) is 0 Å². The second-order valence-electron chi connectivity index (χ2n) is 7.57. The van der Waals surface area contributed by atoms with Crippen LogP contribution in [-0.2, 0) is 6.42 Å². The monoisotopic (exact) mass is 276 g/mol. The summed E-state index contributed by atoms with van der Waals surface area (Å²) in [5.41, 5.74) is 6.02. The lowest BCUT2D eigenvalue weighted by Gasteiger charge is -2.31. The molecular formula is C18H32N2. The van der Waals surface area contributed by atoms with E-state index in [9.17, 15) is 0 Å². The third-order valence-electron chi connectivity index (χ3n) is 4.27. The van der Waals surface area contributed by atoms with Gasteiger partial charge in [0.05, 0.1) is 0 Å². The molecule has 0 heterocycles. The molecular weight excluding hydrogens is 244 g/mol. The Balaban J connectivity index is 2.84. The summed E-state index contributed by atoms with van der Waals surface area (Å²) in [5.74, 6) is 7.09. The first-order chi connectivity index (χ1) is 9.24. The first kappa shape index (κ1) is 17.2. The molecule has 2 unspecified atom stereocenters. The molecule has 0 aromatic heterocycles. The van der Waals surface area contributed by atoms with Crippen LogP contribution in [0.5, 0.6) is 0 Å². The third-order valence-corrected chi connectivity index (χ3v) is 4.27. The summed E-state index contributed by atoms with van der Waals surface area (Å²) >= 11 is 0. The minimum absolute atomic E-state index is 0.233. The van der Waals surface area contributed by atoms with Gasteiger partial charge in [0, 0.05) is 6.04 Å². The molecule has 0 spiro atoms. The highest BCUT2D eigenvalue weighted by Gasteiger charge is 2.24. The molecule has 0 aliphatic rings. The number of hydrazine groups is 1. The van der Waals surface area contributed by atoms with Crippen LogP contribution in [0, 0.1) is 17.3 Å². The Morgan fingerprint density at radius 2 is 1.80 bits per heavy atom. The number of benzene rings is 1. The molecule has 1 rings (SSSR count). The quantitative estimate of drug-likeness (QED) is 0.594. The van der Waals surface area contributed by atoms with Gasteiger partial charge < -0.3 is 0 Å². The van der Waals surface area contributed by atoms with Gasteiger partial charge in [0.15, 0.2) is 0 Å². The molecule has 0 radical (unpaired) electrons. The van der Waals surface area contributed by atoms with Crippen molar-refractivity contribution in [3.05, 3.63) is 35.4 Å². The van der Waals surface area contributed by atoms with E-state index in [1.807, 2.05) is 0 Å². The molecule has 3 N–H and O–H groups in total. The number of hydrogen-bond donors (Lipinski definition) is 2. The van der Waals surface area contributed by atoms with E-state index in [1.54, 1.807) is 0 Å². The van der Waals surface area contributed by atoms with Crippen molar-refractivity contribution < 1.29 is 0 Å². The second-order valence-corrected chi connectivity index (χ2v) is 7.57. The first-order valence-electron chi connectivity index (χ1n) is 7.79. The molecule has 0 saturated carbocycles. The molecule has 1 aromatic carbocycles. The van der Waals surface area contributed by atoms with E-state index in [1.165, 1.54) is 11.1 Å². The molecule has 0 saturated heterocycles. The fraction of sp³-hybridized carbons (Fsp3) is 0.667. The van der Waals surface area contributed by atoms with Crippen LogP contribution in [0.1, 0.15) is 65.1 Å². The Bertz CT molecular complexity index is 404. The number of nitrogens with two attached hydrogens (primary N) is 1. The minimum atomic E-state index is 0.233. The average molecular weight is 276 g/mol. The van der Waals surface area contributed by atoms with Gasteiger partial charge in [-0.2, -0.15) is 0 Å². The lowest BCUT2D eigenvalue weighted by molar-refractivity contribution is 0.223. The maximum Gasteiger partial charge on any atom is 0.0462 e. The van der Waals surface area contributed by atoms with Crippen LogP contribution in [0.3, 0.4) is 0 Å². The van der Waals surface area contributed by atoms with Crippen LogP contribution >= 0.6 is 0 Å². The Morgan fingerprint density at radius 1 is 1.15 bits per heavy atom. The van der Waals surface area contributed by atoms with E-state index in [4.69, 9.17) is 5.84 Å². The van der Waals surface area contributed by atoms with Crippen molar-refractivity contribution in [2.24, 2.45) is 23.1 Å². The molecule has 114 valence electrons. The van der Waals surface area contributed by atoms with E-state index < -0.39 is 0 Å². The zero-order chi connectivity index (χ0) is 15.3. The van der Waals surface area contributed by atoms with E-state index in [0.29, 0.717) is 17.3 Å². The van der Waals surface area contributed by atoms with Crippen molar-refractivity contribution in [3.8, 4) is 0 Å². The van der Waals surface area contributed by atoms with Crippen molar-refractivity contribution in [1.82, 2.24) is 5.43 Å². The predicted molar refractivity (Wildman–Crippen MR) is 88.3 cm³/mol. The second kappa shape index (κ2) is 7.24. The summed E-state index contributed by atoms with van der Waals surface area (Å²) in [6, 6.07) is 9.09. The van der Waals surface area contributed by atoms with Gasteiger partial charge in [0.1, 0.15) is 0 Å². The molecule has 1 aromatic rings. The SMILES string of the molecule is CC(C)Cc1cccc(C(CC(C)C(C)(C)C)NN)c1. The van der Waals surface area contributed by atoms with Gasteiger partial charge in [-0.15, -0.1) is 0 Å². The van der Waals surface area contributed by atoms with Gasteiger partial charge in [-0.1, -0.05) is 65.8 Å². The summed E-state index contributed by atoms with van der Waals surface area (Å²) in [4.78, 5) is 0. The molecule has 0 aliphatic heterocycles. The Hall–Kier alpha value is -0.860. The molecule has 2 atom stereocenters. The van der Waals surface area contributed by atoms with Crippen molar-refractivity contribution in [2.75, 3.05) is 0 Å². The van der Waals surface area contributed by atoms with Crippen LogP contribution in [0.15, 0.2) is 24.3 Å². The molecule has 2 heteroatoms. The van der Waals surface area contributed by atoms with Gasteiger partial charge in [-0.25, -0.2) is 0 Å². The van der Waals surface area contributed by atoms with Crippen molar-refractivity contribution >= 4 is 0 Å². The smallest absolute Gasteiger partial charge is 0.0462 e. The van der Waals surface area contributed by atoms with Crippen LogP contribution in [0.25, 0.3) is 0 Å². The fourth-order valence-electron chi connectivity index (χ4n) is 2.42. The highest BCUT2D eigenvalue weighted by molar-refractivity contribution is 5.26. The van der Waals surface area contributed by atoms with Gasteiger partial charge in [0.25, 0.3) is 0 Å². The molecule has 0 aliphatic carbocycles. The summed E-state index contributed by atoms with van der Waals surface area (Å²) in [6.07, 6.45) is 2.19. The molecule has 2 nitrogen and oxygen atoms in total. The van der Waals surface area contributed by atoms with Gasteiger partial charge >= 0.3 is 0 Å². The van der Waals surface area contributed by atoms with E-state index in [0.717, 1.165) is 12.8 Å². The largest absolute Gasteiger partial charge is 0.271 e. The van der Waals surface area contributed by atoms with Crippen LogP contribution in [-0.4, -0.2) is 0 Å². The summed E-state index contributed by atoms with van der Waals surface area (Å²) in [5, 5.41) is 0. The lowest BCUT2D eigenvalue weighted by Crippen LogP contribution is -2.32. The van der Waals surface area contributed by atoms with Crippen molar-refractivity contribution in [2.45, 2.75) is 60.4 Å². The maximum atomic E-state index is 5.80. The molecule has 0 amide bonds. The summed E-state index contributed by atoms with van der Waals surface area (Å²) < 4.78 is 0. The van der Waals surface area contributed by atoms with E-state index in [-0.39, 0.29) is 6.04 Å². The van der Waals surface area contributed by atoms with Gasteiger partial charge in [-0.3, -0.25) is 11.3 Å². The third kappa shape index (κ3) is 5.26. The standard InChI is InChI=1S/C18H32N2/c1-13(2)10-15-8-7-9-16(12-15)17(20-19)11-14(3)18(4,5)6/h7-9,12-14,17,20H,10-11,19H2,1-6H3. The normalized spacial score (nSPS) is 15.4.